The molecular formula is C17H16NO3S2-. The lowest BCUT2D eigenvalue weighted by Crippen LogP contribution is -2.13. The highest BCUT2D eigenvalue weighted by Gasteiger charge is 2.21. The Morgan fingerprint density at radius 3 is 1.91 bits per heavy atom. The zero-order valence-electron chi connectivity index (χ0n) is 12.7. The molecule has 0 aliphatic heterocycles. The second kappa shape index (κ2) is 6.33. The summed E-state index contributed by atoms with van der Waals surface area (Å²) in [6.07, 6.45) is 0. The SMILES string of the molecule is Cc1ccc(C(c2ccc(C)s2)c2cc(N(O)O)ccc2[O-])s1. The lowest BCUT2D eigenvalue weighted by atomic mass is 9.94. The quantitative estimate of drug-likeness (QED) is 0.693. The second-order valence-electron chi connectivity index (χ2n) is 5.34. The number of nitrogens with zero attached hydrogens (tertiary/aromatic N) is 1. The standard InChI is InChI=1S/C17H17NO3S2/c1-10-3-7-15(22-10)17(16-8-4-11(2)23-16)13-9-12(18(20)21)5-6-14(13)19/h3-9,17,19-21H,1-2H3/p-1. The molecule has 3 rings (SSSR count). The zero-order valence-corrected chi connectivity index (χ0v) is 14.3. The van der Waals surface area contributed by atoms with Gasteiger partial charge in [0.25, 0.3) is 0 Å². The molecule has 0 bridgehead atoms. The number of hydrogen-bond acceptors (Lipinski definition) is 6. The van der Waals surface area contributed by atoms with Gasteiger partial charge in [0.05, 0.1) is 11.6 Å². The van der Waals surface area contributed by atoms with Gasteiger partial charge in [0.2, 0.25) is 0 Å². The Morgan fingerprint density at radius 2 is 1.48 bits per heavy atom. The Bertz CT molecular complexity index is 783. The maximum atomic E-state index is 12.4. The highest BCUT2D eigenvalue weighted by molar-refractivity contribution is 7.13. The number of rotatable bonds is 4. The summed E-state index contributed by atoms with van der Waals surface area (Å²) in [4.78, 5) is 4.49. The van der Waals surface area contributed by atoms with E-state index >= 15 is 0 Å². The van der Waals surface area contributed by atoms with Crippen LogP contribution in [0.2, 0.25) is 0 Å². The van der Waals surface area contributed by atoms with E-state index in [4.69, 9.17) is 0 Å². The molecule has 120 valence electrons. The molecule has 0 aliphatic rings. The van der Waals surface area contributed by atoms with Crippen LogP contribution in [0.25, 0.3) is 0 Å². The molecule has 1 aromatic carbocycles. The normalized spacial score (nSPS) is 11.2. The van der Waals surface area contributed by atoms with Crippen LogP contribution in [0, 0.1) is 13.8 Å². The van der Waals surface area contributed by atoms with E-state index in [9.17, 15) is 15.5 Å². The summed E-state index contributed by atoms with van der Waals surface area (Å²) in [5, 5.41) is 31.0. The Balaban J connectivity index is 2.18. The van der Waals surface area contributed by atoms with Crippen molar-refractivity contribution in [3.05, 3.63) is 67.5 Å². The van der Waals surface area contributed by atoms with Gasteiger partial charge in [-0.05, 0) is 55.8 Å². The molecule has 23 heavy (non-hydrogen) atoms. The van der Waals surface area contributed by atoms with Crippen LogP contribution in [-0.4, -0.2) is 10.4 Å². The third-order valence-corrected chi connectivity index (χ3v) is 5.76. The van der Waals surface area contributed by atoms with Crippen LogP contribution in [0.15, 0.2) is 42.5 Å². The van der Waals surface area contributed by atoms with E-state index in [1.165, 1.54) is 28.0 Å². The van der Waals surface area contributed by atoms with E-state index in [1.807, 2.05) is 38.1 Å². The van der Waals surface area contributed by atoms with Crippen molar-refractivity contribution < 1.29 is 15.5 Å². The van der Waals surface area contributed by atoms with E-state index in [-0.39, 0.29) is 22.6 Å². The molecule has 3 aromatic rings. The molecule has 2 N–H and O–H groups in total. The highest BCUT2D eigenvalue weighted by Crippen LogP contribution is 2.42. The van der Waals surface area contributed by atoms with Gasteiger partial charge in [-0.1, -0.05) is 6.07 Å². The molecule has 0 aliphatic carbocycles. The van der Waals surface area contributed by atoms with Crippen molar-refractivity contribution in [1.82, 2.24) is 0 Å². The number of hydrogen-bond donors (Lipinski definition) is 2. The average Bonchev–Trinajstić information content (AvgIpc) is 3.10. The van der Waals surface area contributed by atoms with Gasteiger partial charge in [0, 0.05) is 19.5 Å². The number of thiophene rings is 2. The van der Waals surface area contributed by atoms with E-state index in [1.54, 1.807) is 22.7 Å². The fourth-order valence-electron chi connectivity index (χ4n) is 2.55. The van der Waals surface area contributed by atoms with Crippen LogP contribution in [0.3, 0.4) is 0 Å². The smallest absolute Gasteiger partial charge is 0.0945 e. The Labute approximate surface area is 142 Å². The van der Waals surface area contributed by atoms with Crippen LogP contribution >= 0.6 is 22.7 Å². The van der Waals surface area contributed by atoms with Crippen molar-refractivity contribution in [2.24, 2.45) is 0 Å². The first kappa shape index (κ1) is 16.0. The molecule has 0 saturated carbocycles. The predicted molar refractivity (Wildman–Crippen MR) is 91.0 cm³/mol. The Kier molecular flexibility index (Phi) is 4.41. The number of anilines is 1. The first-order chi connectivity index (χ1) is 11.0. The molecule has 2 heterocycles. The summed E-state index contributed by atoms with van der Waals surface area (Å²) in [6.45, 7) is 4.06. The summed E-state index contributed by atoms with van der Waals surface area (Å²) < 4.78 is 0. The number of aryl methyl sites for hydroxylation is 2. The zero-order chi connectivity index (χ0) is 16.6. The lowest BCUT2D eigenvalue weighted by Gasteiger charge is -2.23. The van der Waals surface area contributed by atoms with E-state index < -0.39 is 0 Å². The fraction of sp³-hybridized carbons (Fsp3) is 0.176. The van der Waals surface area contributed by atoms with Gasteiger partial charge >= 0.3 is 0 Å². The predicted octanol–water partition coefficient (Wildman–Crippen LogP) is 4.27. The van der Waals surface area contributed by atoms with Crippen LogP contribution in [-0.2, 0) is 0 Å². The van der Waals surface area contributed by atoms with Gasteiger partial charge in [0.1, 0.15) is 0 Å². The van der Waals surface area contributed by atoms with Gasteiger partial charge in [0.15, 0.2) is 0 Å². The van der Waals surface area contributed by atoms with Crippen LogP contribution < -0.4 is 10.3 Å². The molecular weight excluding hydrogens is 330 g/mol. The van der Waals surface area contributed by atoms with Crippen molar-refractivity contribution in [3.63, 3.8) is 0 Å². The average molecular weight is 346 g/mol. The maximum absolute atomic E-state index is 12.4. The molecule has 0 saturated heterocycles. The summed E-state index contributed by atoms with van der Waals surface area (Å²) >= 11 is 3.29. The largest absolute Gasteiger partial charge is 0.872 e. The lowest BCUT2D eigenvalue weighted by molar-refractivity contribution is -0.269. The van der Waals surface area contributed by atoms with Crippen LogP contribution in [0.1, 0.15) is 31.0 Å². The first-order valence-corrected chi connectivity index (χ1v) is 8.70. The summed E-state index contributed by atoms with van der Waals surface area (Å²) in [6, 6.07) is 12.4. The van der Waals surface area contributed by atoms with E-state index in [0.717, 1.165) is 9.75 Å². The van der Waals surface area contributed by atoms with Crippen molar-refractivity contribution in [3.8, 4) is 5.75 Å². The minimum atomic E-state index is -0.195. The highest BCUT2D eigenvalue weighted by atomic mass is 32.1. The van der Waals surface area contributed by atoms with E-state index in [2.05, 4.69) is 0 Å². The number of benzene rings is 1. The van der Waals surface area contributed by atoms with Gasteiger partial charge in [-0.2, -0.15) is 0 Å². The van der Waals surface area contributed by atoms with Crippen LogP contribution in [0.4, 0.5) is 5.69 Å². The molecule has 0 fully saturated rings. The topological polar surface area (TPSA) is 66.8 Å². The minimum absolute atomic E-state index is 0.0410. The summed E-state index contributed by atoms with van der Waals surface area (Å²) in [5.74, 6) is -0.308. The Hall–Kier alpha value is -1.86. The molecule has 0 unspecified atom stereocenters. The van der Waals surface area contributed by atoms with E-state index in [0.29, 0.717) is 5.56 Å². The molecule has 0 radical (unpaired) electrons. The third kappa shape index (κ3) is 3.25. The maximum Gasteiger partial charge on any atom is 0.0945 e. The minimum Gasteiger partial charge on any atom is -0.872 e. The van der Waals surface area contributed by atoms with Gasteiger partial charge in [-0.25, -0.2) is 0 Å². The summed E-state index contributed by atoms with van der Waals surface area (Å²) in [7, 11) is 0. The third-order valence-electron chi connectivity index (χ3n) is 3.63. The molecule has 0 atom stereocenters. The van der Waals surface area contributed by atoms with Gasteiger partial charge in [-0.3, -0.25) is 10.4 Å². The molecule has 6 heteroatoms. The monoisotopic (exact) mass is 346 g/mol. The van der Waals surface area contributed by atoms with Crippen molar-refractivity contribution in [2.75, 3.05) is 5.23 Å². The van der Waals surface area contributed by atoms with Gasteiger partial charge in [-0.15, -0.1) is 33.6 Å². The molecule has 0 spiro atoms. The molecule has 2 aromatic heterocycles. The molecule has 0 amide bonds. The first-order valence-electron chi connectivity index (χ1n) is 7.07. The van der Waals surface area contributed by atoms with Crippen LogP contribution in [0.5, 0.6) is 5.75 Å². The fourth-order valence-corrected chi connectivity index (χ4v) is 4.66. The Morgan fingerprint density at radius 1 is 0.913 bits per heavy atom. The van der Waals surface area contributed by atoms with Crippen molar-refractivity contribution >= 4 is 28.4 Å². The second-order valence-corrected chi connectivity index (χ2v) is 7.98. The van der Waals surface area contributed by atoms with Crippen molar-refractivity contribution in [2.45, 2.75) is 19.8 Å². The summed E-state index contributed by atoms with van der Waals surface area (Å²) in [5.41, 5.74) is 0.713. The molecule has 4 nitrogen and oxygen atoms in total. The van der Waals surface area contributed by atoms with Crippen molar-refractivity contribution in [1.29, 1.82) is 0 Å². The van der Waals surface area contributed by atoms with Gasteiger partial charge < -0.3 is 5.11 Å².